The molecule has 4 heteroatoms. The van der Waals surface area contributed by atoms with Crippen molar-refractivity contribution in [2.24, 2.45) is 0 Å². The molecule has 0 aliphatic rings. The van der Waals surface area contributed by atoms with Crippen molar-refractivity contribution >= 4 is 47.4 Å². The predicted octanol–water partition coefficient (Wildman–Crippen LogP) is 8.61. The summed E-state index contributed by atoms with van der Waals surface area (Å²) < 4.78 is 3.62. The first-order valence-corrected chi connectivity index (χ1v) is 12.0. The van der Waals surface area contributed by atoms with E-state index in [-0.39, 0.29) is 0 Å². The number of rotatable bonds is 3. The Morgan fingerprint density at radius 1 is 0.625 bits per heavy atom. The topological polar surface area (TPSA) is 25.8 Å². The first-order chi connectivity index (χ1) is 15.8. The number of fused-ring (bicyclic) bond motifs is 3. The average molecular weight is 493 g/mol. The average Bonchev–Trinajstić information content (AvgIpc) is 3.26. The molecule has 0 spiro atoms. The molecule has 0 aliphatic heterocycles. The number of aromatic nitrogens is 2. The van der Waals surface area contributed by atoms with E-state index in [0.29, 0.717) is 0 Å². The molecule has 2 aromatic heterocycles. The molecule has 0 amide bonds. The predicted molar refractivity (Wildman–Crippen MR) is 139 cm³/mol. The van der Waals surface area contributed by atoms with Crippen LogP contribution in [0.25, 0.3) is 54.1 Å². The van der Waals surface area contributed by atoms with Gasteiger partial charge in [-0.25, -0.2) is 9.97 Å². The Balaban J connectivity index is 1.67. The van der Waals surface area contributed by atoms with Crippen LogP contribution in [-0.2, 0) is 0 Å². The van der Waals surface area contributed by atoms with Crippen LogP contribution in [0.5, 0.6) is 0 Å². The van der Waals surface area contributed by atoms with Gasteiger partial charge < -0.3 is 0 Å². The van der Waals surface area contributed by atoms with Gasteiger partial charge in [0.05, 0.1) is 16.1 Å². The smallest absolute Gasteiger partial charge is 0.160 e. The van der Waals surface area contributed by atoms with E-state index in [1.807, 2.05) is 47.7 Å². The molecule has 6 rings (SSSR count). The van der Waals surface area contributed by atoms with Crippen molar-refractivity contribution in [2.45, 2.75) is 0 Å². The molecule has 0 atom stereocenters. The monoisotopic (exact) mass is 492 g/mol. The third-order valence-corrected chi connectivity index (χ3v) is 7.71. The maximum Gasteiger partial charge on any atom is 0.160 e. The first-order valence-electron chi connectivity index (χ1n) is 10.4. The summed E-state index contributed by atoms with van der Waals surface area (Å²) in [5.41, 5.74) is 5.06. The fourth-order valence-corrected chi connectivity index (χ4v) is 5.78. The molecule has 2 nitrogen and oxygen atoms in total. The SMILES string of the molecule is Brc1ccc(-c2cc(-c3ccccc3)nc(-c3ccccc3)n2)c2c1sc1ccccc12. The van der Waals surface area contributed by atoms with Crippen molar-refractivity contribution in [3.05, 3.63) is 108 Å². The highest BCUT2D eigenvalue weighted by Gasteiger charge is 2.16. The van der Waals surface area contributed by atoms with Crippen LogP contribution in [0.2, 0.25) is 0 Å². The summed E-state index contributed by atoms with van der Waals surface area (Å²) in [5, 5.41) is 2.49. The largest absolute Gasteiger partial charge is 0.228 e. The second-order valence-corrected chi connectivity index (χ2v) is 9.50. The standard InChI is InChI=1S/C28H17BrN2S/c29-22-16-15-20(26-21-13-7-8-14-25(21)32-27(22)26)24-17-23(18-9-3-1-4-10-18)30-28(31-24)19-11-5-2-6-12-19/h1-17H. The Morgan fingerprint density at radius 3 is 2.06 bits per heavy atom. The first kappa shape index (κ1) is 19.4. The lowest BCUT2D eigenvalue weighted by Gasteiger charge is -2.11. The third kappa shape index (κ3) is 3.32. The van der Waals surface area contributed by atoms with E-state index in [2.05, 4.69) is 82.7 Å². The molecule has 4 aromatic carbocycles. The Morgan fingerprint density at radius 2 is 1.28 bits per heavy atom. The van der Waals surface area contributed by atoms with Crippen molar-refractivity contribution in [1.29, 1.82) is 0 Å². The van der Waals surface area contributed by atoms with Crippen LogP contribution in [-0.4, -0.2) is 9.97 Å². The lowest BCUT2D eigenvalue weighted by Crippen LogP contribution is -1.96. The van der Waals surface area contributed by atoms with Crippen LogP contribution in [0.15, 0.2) is 108 Å². The van der Waals surface area contributed by atoms with Gasteiger partial charge in [0.15, 0.2) is 5.82 Å². The summed E-state index contributed by atoms with van der Waals surface area (Å²) in [5.74, 6) is 0.734. The maximum atomic E-state index is 5.04. The van der Waals surface area contributed by atoms with Gasteiger partial charge >= 0.3 is 0 Å². The van der Waals surface area contributed by atoms with Gasteiger partial charge in [0.2, 0.25) is 0 Å². The molecule has 0 N–H and O–H groups in total. The van der Waals surface area contributed by atoms with Crippen molar-refractivity contribution in [3.63, 3.8) is 0 Å². The molecule has 0 bridgehead atoms. The summed E-state index contributed by atoms with van der Waals surface area (Å²) in [7, 11) is 0. The lowest BCUT2D eigenvalue weighted by atomic mass is 10.0. The zero-order valence-electron chi connectivity index (χ0n) is 17.0. The number of nitrogens with zero attached hydrogens (tertiary/aromatic N) is 2. The van der Waals surface area contributed by atoms with Gasteiger partial charge in [-0.05, 0) is 34.1 Å². The number of hydrogen-bond acceptors (Lipinski definition) is 3. The second-order valence-electron chi connectivity index (χ2n) is 7.59. The molecule has 0 fully saturated rings. The Hall–Kier alpha value is -3.34. The Labute approximate surface area is 198 Å². The number of halogens is 1. The molecule has 0 unspecified atom stereocenters. The number of thiophene rings is 1. The van der Waals surface area contributed by atoms with Crippen molar-refractivity contribution in [1.82, 2.24) is 9.97 Å². The van der Waals surface area contributed by atoms with Crippen LogP contribution in [0.4, 0.5) is 0 Å². The third-order valence-electron chi connectivity index (χ3n) is 5.58. The van der Waals surface area contributed by atoms with Crippen molar-refractivity contribution in [2.75, 3.05) is 0 Å². The summed E-state index contributed by atoms with van der Waals surface area (Å²) in [6.07, 6.45) is 0. The van der Waals surface area contributed by atoms with Crippen molar-refractivity contribution < 1.29 is 0 Å². The zero-order chi connectivity index (χ0) is 21.5. The van der Waals surface area contributed by atoms with Gasteiger partial charge in [0.1, 0.15) is 0 Å². The van der Waals surface area contributed by atoms with E-state index >= 15 is 0 Å². The van der Waals surface area contributed by atoms with Gasteiger partial charge in [-0.3, -0.25) is 0 Å². The van der Waals surface area contributed by atoms with Crippen LogP contribution < -0.4 is 0 Å². The van der Waals surface area contributed by atoms with Crippen LogP contribution in [0.1, 0.15) is 0 Å². The Kier molecular flexibility index (Phi) is 4.82. The molecule has 32 heavy (non-hydrogen) atoms. The number of benzene rings is 4. The van der Waals surface area contributed by atoms with Gasteiger partial charge in [0.25, 0.3) is 0 Å². The normalized spacial score (nSPS) is 11.3. The van der Waals surface area contributed by atoms with E-state index in [0.717, 1.165) is 38.4 Å². The maximum absolute atomic E-state index is 5.04. The molecule has 6 aromatic rings. The van der Waals surface area contributed by atoms with Crippen LogP contribution >= 0.6 is 27.3 Å². The van der Waals surface area contributed by atoms with Crippen LogP contribution in [0.3, 0.4) is 0 Å². The summed E-state index contributed by atoms with van der Waals surface area (Å²) in [6.45, 7) is 0. The molecule has 2 heterocycles. The minimum atomic E-state index is 0.734. The molecule has 0 saturated carbocycles. The minimum Gasteiger partial charge on any atom is -0.228 e. The molecular weight excluding hydrogens is 476 g/mol. The molecule has 152 valence electrons. The summed E-state index contributed by atoms with van der Waals surface area (Å²) in [4.78, 5) is 9.97. The van der Waals surface area contributed by atoms with Gasteiger partial charge in [-0.15, -0.1) is 11.3 Å². The quantitative estimate of drug-likeness (QED) is 0.247. The summed E-state index contributed by atoms with van der Waals surface area (Å²) in [6, 6.07) is 35.5. The zero-order valence-corrected chi connectivity index (χ0v) is 19.4. The van der Waals surface area contributed by atoms with Gasteiger partial charge in [-0.2, -0.15) is 0 Å². The lowest BCUT2D eigenvalue weighted by molar-refractivity contribution is 1.19. The number of hydrogen-bond donors (Lipinski definition) is 0. The van der Waals surface area contributed by atoms with E-state index in [1.165, 1.54) is 20.2 Å². The van der Waals surface area contributed by atoms with Gasteiger partial charge in [0, 0.05) is 36.6 Å². The highest BCUT2D eigenvalue weighted by molar-refractivity contribution is 9.10. The highest BCUT2D eigenvalue weighted by atomic mass is 79.9. The summed E-state index contributed by atoms with van der Waals surface area (Å²) >= 11 is 5.57. The highest BCUT2D eigenvalue weighted by Crippen LogP contribution is 2.43. The second kappa shape index (κ2) is 7.97. The van der Waals surface area contributed by atoms with Crippen LogP contribution in [0, 0.1) is 0 Å². The fraction of sp³-hybridized carbons (Fsp3) is 0. The van der Waals surface area contributed by atoms with E-state index < -0.39 is 0 Å². The van der Waals surface area contributed by atoms with E-state index in [4.69, 9.17) is 9.97 Å². The molecule has 0 radical (unpaired) electrons. The van der Waals surface area contributed by atoms with Crippen molar-refractivity contribution in [3.8, 4) is 33.9 Å². The fourth-order valence-electron chi connectivity index (χ4n) is 4.07. The molecule has 0 saturated heterocycles. The molecular formula is C28H17BrN2S. The Bertz CT molecular complexity index is 1520. The van der Waals surface area contributed by atoms with E-state index in [9.17, 15) is 0 Å². The minimum absolute atomic E-state index is 0.734. The van der Waals surface area contributed by atoms with Gasteiger partial charge in [-0.1, -0.05) is 84.9 Å². The van der Waals surface area contributed by atoms with E-state index in [1.54, 1.807) is 0 Å². The molecule has 0 aliphatic carbocycles.